The number of rotatable bonds is 3. The molecule has 1 fully saturated rings. The highest BCUT2D eigenvalue weighted by Gasteiger charge is 2.25. The molecule has 1 aromatic rings. The zero-order valence-corrected chi connectivity index (χ0v) is 11.7. The zero-order chi connectivity index (χ0) is 13.1. The van der Waals surface area contributed by atoms with Crippen LogP contribution >= 0.6 is 11.6 Å². The minimum absolute atomic E-state index is 0.336. The van der Waals surface area contributed by atoms with Crippen molar-refractivity contribution in [3.8, 4) is 6.01 Å². The van der Waals surface area contributed by atoms with E-state index in [0.29, 0.717) is 28.8 Å². The first kappa shape index (κ1) is 13.4. The summed E-state index contributed by atoms with van der Waals surface area (Å²) in [6.07, 6.45) is 2.65. The van der Waals surface area contributed by atoms with Gasteiger partial charge in [0.1, 0.15) is 5.02 Å². The van der Waals surface area contributed by atoms with Crippen molar-refractivity contribution < 1.29 is 4.74 Å². The first-order chi connectivity index (χ1) is 8.60. The summed E-state index contributed by atoms with van der Waals surface area (Å²) in [6, 6.07) is 0.723. The number of aromatic nitrogens is 2. The van der Waals surface area contributed by atoms with Crippen molar-refractivity contribution in [2.45, 2.75) is 19.4 Å². The lowest BCUT2D eigenvalue weighted by Gasteiger charge is -2.35. The summed E-state index contributed by atoms with van der Waals surface area (Å²) in [5.74, 6) is 1.21. The molecule has 100 valence electrons. The lowest BCUT2D eigenvalue weighted by molar-refractivity contribution is 0.206. The number of hydrogen-bond acceptors (Lipinski definition) is 5. The van der Waals surface area contributed by atoms with Gasteiger partial charge in [0.05, 0.1) is 13.3 Å². The van der Waals surface area contributed by atoms with Crippen molar-refractivity contribution in [3.63, 3.8) is 0 Å². The first-order valence-corrected chi connectivity index (χ1v) is 6.49. The standard InChI is InChI=1S/C12H19ClN4O/c1-8-7-17(2)5-4-10(8)15-11-9(13)6-14-12(16-11)18-3/h6,8,10H,4-5,7H2,1-3H3,(H,14,15,16). The molecule has 0 amide bonds. The highest BCUT2D eigenvalue weighted by molar-refractivity contribution is 6.32. The van der Waals surface area contributed by atoms with E-state index in [-0.39, 0.29) is 0 Å². The van der Waals surface area contributed by atoms with Crippen LogP contribution in [0, 0.1) is 5.92 Å². The monoisotopic (exact) mass is 270 g/mol. The molecular formula is C12H19ClN4O. The third-order valence-corrected chi connectivity index (χ3v) is 3.61. The molecule has 2 heterocycles. The van der Waals surface area contributed by atoms with Gasteiger partial charge in [-0.05, 0) is 25.9 Å². The summed E-state index contributed by atoms with van der Waals surface area (Å²) in [5.41, 5.74) is 0. The van der Waals surface area contributed by atoms with Gasteiger partial charge in [-0.1, -0.05) is 18.5 Å². The Bertz CT molecular complexity index is 415. The number of methoxy groups -OCH3 is 1. The van der Waals surface area contributed by atoms with Crippen LogP contribution < -0.4 is 10.1 Å². The second kappa shape index (κ2) is 5.71. The van der Waals surface area contributed by atoms with E-state index in [9.17, 15) is 0 Å². The number of anilines is 1. The van der Waals surface area contributed by atoms with Gasteiger partial charge in [-0.15, -0.1) is 0 Å². The van der Waals surface area contributed by atoms with Gasteiger partial charge in [0, 0.05) is 12.6 Å². The number of ether oxygens (including phenoxy) is 1. The summed E-state index contributed by atoms with van der Waals surface area (Å²) in [5, 5.41) is 3.93. The van der Waals surface area contributed by atoms with E-state index in [1.807, 2.05) is 0 Å². The van der Waals surface area contributed by atoms with Gasteiger partial charge >= 0.3 is 6.01 Å². The molecule has 6 heteroatoms. The molecule has 1 aliphatic rings. The Balaban J connectivity index is 2.08. The van der Waals surface area contributed by atoms with E-state index in [4.69, 9.17) is 16.3 Å². The zero-order valence-electron chi connectivity index (χ0n) is 11.0. The molecule has 0 aliphatic carbocycles. The fourth-order valence-electron chi connectivity index (χ4n) is 2.29. The first-order valence-electron chi connectivity index (χ1n) is 6.11. The van der Waals surface area contributed by atoms with Crippen LogP contribution in [0.4, 0.5) is 5.82 Å². The van der Waals surface area contributed by atoms with Crippen molar-refractivity contribution in [2.24, 2.45) is 5.92 Å². The predicted molar refractivity (Wildman–Crippen MR) is 72.3 cm³/mol. The fourth-order valence-corrected chi connectivity index (χ4v) is 2.44. The molecule has 1 saturated heterocycles. The maximum atomic E-state index is 6.10. The van der Waals surface area contributed by atoms with E-state index < -0.39 is 0 Å². The number of nitrogens with one attached hydrogen (secondary N) is 1. The molecule has 1 N–H and O–H groups in total. The summed E-state index contributed by atoms with van der Waals surface area (Å²) in [7, 11) is 3.69. The third kappa shape index (κ3) is 3.03. The van der Waals surface area contributed by atoms with Crippen LogP contribution in [0.15, 0.2) is 6.20 Å². The maximum Gasteiger partial charge on any atom is 0.318 e. The van der Waals surface area contributed by atoms with Crippen LogP contribution in [-0.2, 0) is 0 Å². The normalized spacial score (nSPS) is 24.9. The average molecular weight is 271 g/mol. The minimum Gasteiger partial charge on any atom is -0.467 e. The van der Waals surface area contributed by atoms with E-state index in [2.05, 4.69) is 34.2 Å². The van der Waals surface area contributed by atoms with Gasteiger partial charge in [-0.2, -0.15) is 4.98 Å². The van der Waals surface area contributed by atoms with Crippen molar-refractivity contribution in [1.82, 2.24) is 14.9 Å². The van der Waals surface area contributed by atoms with Crippen LogP contribution in [0.25, 0.3) is 0 Å². The second-order valence-corrected chi connectivity index (χ2v) is 5.24. The smallest absolute Gasteiger partial charge is 0.318 e. The predicted octanol–water partition coefficient (Wildman–Crippen LogP) is 1.89. The average Bonchev–Trinajstić information content (AvgIpc) is 2.35. The van der Waals surface area contributed by atoms with Crippen molar-refractivity contribution >= 4 is 17.4 Å². The van der Waals surface area contributed by atoms with E-state index in [0.717, 1.165) is 19.5 Å². The molecule has 2 atom stereocenters. The molecule has 1 aliphatic heterocycles. The molecule has 0 aromatic carbocycles. The molecular weight excluding hydrogens is 252 g/mol. The van der Waals surface area contributed by atoms with Gasteiger partial charge in [0.2, 0.25) is 0 Å². The molecule has 0 radical (unpaired) electrons. The summed E-state index contributed by atoms with van der Waals surface area (Å²) in [6.45, 7) is 4.40. The maximum absolute atomic E-state index is 6.10. The number of piperidine rings is 1. The Labute approximate surface area is 113 Å². The fraction of sp³-hybridized carbons (Fsp3) is 0.667. The molecule has 1 aromatic heterocycles. The molecule has 0 saturated carbocycles. The molecule has 0 bridgehead atoms. The van der Waals surface area contributed by atoms with Gasteiger partial charge in [0.15, 0.2) is 5.82 Å². The van der Waals surface area contributed by atoms with Gasteiger partial charge < -0.3 is 15.0 Å². The third-order valence-electron chi connectivity index (χ3n) is 3.34. The SMILES string of the molecule is COc1ncc(Cl)c(NC2CCN(C)CC2C)n1. The molecule has 5 nitrogen and oxygen atoms in total. The van der Waals surface area contributed by atoms with Crippen molar-refractivity contribution in [2.75, 3.05) is 32.6 Å². The lowest BCUT2D eigenvalue weighted by atomic mass is 9.94. The van der Waals surface area contributed by atoms with E-state index in [1.165, 1.54) is 0 Å². The second-order valence-electron chi connectivity index (χ2n) is 4.83. The van der Waals surface area contributed by atoms with Gasteiger partial charge in [0.25, 0.3) is 0 Å². The summed E-state index contributed by atoms with van der Waals surface area (Å²) in [4.78, 5) is 10.6. The largest absolute Gasteiger partial charge is 0.467 e. The molecule has 2 unspecified atom stereocenters. The van der Waals surface area contributed by atoms with E-state index in [1.54, 1.807) is 13.3 Å². The number of hydrogen-bond donors (Lipinski definition) is 1. The van der Waals surface area contributed by atoms with Gasteiger partial charge in [-0.3, -0.25) is 0 Å². The minimum atomic E-state index is 0.336. The molecule has 2 rings (SSSR count). The molecule has 0 spiro atoms. The highest BCUT2D eigenvalue weighted by atomic mass is 35.5. The van der Waals surface area contributed by atoms with Crippen LogP contribution in [0.1, 0.15) is 13.3 Å². The van der Waals surface area contributed by atoms with Crippen LogP contribution in [0.3, 0.4) is 0 Å². The quantitative estimate of drug-likeness (QED) is 0.909. The number of halogens is 1. The highest BCUT2D eigenvalue weighted by Crippen LogP contribution is 2.25. The van der Waals surface area contributed by atoms with E-state index >= 15 is 0 Å². The number of likely N-dealkylation sites (tertiary alicyclic amines) is 1. The Kier molecular flexibility index (Phi) is 4.24. The summed E-state index contributed by atoms with van der Waals surface area (Å²) < 4.78 is 5.01. The number of nitrogens with zero attached hydrogens (tertiary/aromatic N) is 3. The van der Waals surface area contributed by atoms with Crippen LogP contribution in [0.5, 0.6) is 6.01 Å². The van der Waals surface area contributed by atoms with Crippen LogP contribution in [-0.4, -0.2) is 48.2 Å². The summed E-state index contributed by atoms with van der Waals surface area (Å²) >= 11 is 6.10. The molecule has 18 heavy (non-hydrogen) atoms. The topological polar surface area (TPSA) is 50.3 Å². The Morgan fingerprint density at radius 2 is 2.33 bits per heavy atom. The lowest BCUT2D eigenvalue weighted by Crippen LogP contribution is -2.43. The van der Waals surface area contributed by atoms with Gasteiger partial charge in [-0.25, -0.2) is 4.98 Å². The Hall–Kier alpha value is -1.07. The van der Waals surface area contributed by atoms with Crippen LogP contribution in [0.2, 0.25) is 5.02 Å². The van der Waals surface area contributed by atoms with Crippen molar-refractivity contribution in [1.29, 1.82) is 0 Å². The Morgan fingerprint density at radius 3 is 3.00 bits per heavy atom. The Morgan fingerprint density at radius 1 is 1.56 bits per heavy atom. The van der Waals surface area contributed by atoms with Crippen molar-refractivity contribution in [3.05, 3.63) is 11.2 Å².